The molecule has 74 valence electrons. The van der Waals surface area contributed by atoms with Crippen molar-refractivity contribution in [2.45, 2.75) is 25.2 Å². The van der Waals surface area contributed by atoms with Gasteiger partial charge in [0.15, 0.2) is 0 Å². The summed E-state index contributed by atoms with van der Waals surface area (Å²) in [5.41, 5.74) is -0.171. The molecule has 0 saturated heterocycles. The van der Waals surface area contributed by atoms with E-state index in [2.05, 4.69) is 10.2 Å². The van der Waals surface area contributed by atoms with E-state index in [0.29, 0.717) is 11.6 Å². The summed E-state index contributed by atoms with van der Waals surface area (Å²) >= 11 is 0. The Hall–Kier alpha value is -1.65. The van der Waals surface area contributed by atoms with Crippen LogP contribution in [-0.4, -0.2) is 21.3 Å². The summed E-state index contributed by atoms with van der Waals surface area (Å²) in [6, 6.07) is 1.38. The summed E-state index contributed by atoms with van der Waals surface area (Å²) in [6.07, 6.45) is 3.20. The van der Waals surface area contributed by atoms with Gasteiger partial charge >= 0.3 is 5.97 Å². The monoisotopic (exact) mass is 194 g/mol. The number of hydrogen-bond acceptors (Lipinski definition) is 3. The van der Waals surface area contributed by atoms with Gasteiger partial charge in [0.25, 0.3) is 5.56 Å². The Bertz CT molecular complexity index is 420. The van der Waals surface area contributed by atoms with Crippen LogP contribution in [0, 0.1) is 0 Å². The molecule has 1 aromatic heterocycles. The zero-order valence-electron chi connectivity index (χ0n) is 7.49. The van der Waals surface area contributed by atoms with E-state index in [1.807, 2.05) is 0 Å². The van der Waals surface area contributed by atoms with Gasteiger partial charge in [-0.2, -0.15) is 5.10 Å². The average Bonchev–Trinajstić information content (AvgIpc) is 2.04. The van der Waals surface area contributed by atoms with Crippen molar-refractivity contribution < 1.29 is 9.90 Å². The number of nitrogens with one attached hydrogen (secondary N) is 1. The van der Waals surface area contributed by atoms with E-state index >= 15 is 0 Å². The maximum atomic E-state index is 11.0. The quantitative estimate of drug-likeness (QED) is 0.727. The SMILES string of the molecule is O=C(O)c1cc(C2CCC2)n[nH]c1=O. The number of aromatic nitrogens is 2. The minimum Gasteiger partial charge on any atom is -0.477 e. The minimum atomic E-state index is -1.20. The fraction of sp³-hybridized carbons (Fsp3) is 0.444. The standard InChI is InChI=1S/C9H10N2O3/c12-8-6(9(13)14)4-7(10-11-8)5-2-1-3-5/h4-5H,1-3H2,(H,11,12)(H,13,14). The molecule has 1 fully saturated rings. The molecule has 0 aliphatic heterocycles. The van der Waals surface area contributed by atoms with Gasteiger partial charge in [0.1, 0.15) is 5.56 Å². The van der Waals surface area contributed by atoms with E-state index < -0.39 is 11.5 Å². The van der Waals surface area contributed by atoms with Crippen LogP contribution in [0.4, 0.5) is 0 Å². The maximum absolute atomic E-state index is 11.0. The van der Waals surface area contributed by atoms with Gasteiger partial charge in [-0.1, -0.05) is 6.42 Å². The number of carboxylic acids is 1. The van der Waals surface area contributed by atoms with Crippen molar-refractivity contribution in [3.63, 3.8) is 0 Å². The molecule has 5 heteroatoms. The molecule has 14 heavy (non-hydrogen) atoms. The van der Waals surface area contributed by atoms with Crippen molar-refractivity contribution in [1.82, 2.24) is 10.2 Å². The number of aromatic carboxylic acids is 1. The van der Waals surface area contributed by atoms with Crippen molar-refractivity contribution in [2.24, 2.45) is 0 Å². The number of H-pyrrole nitrogens is 1. The fourth-order valence-corrected chi connectivity index (χ4v) is 1.49. The molecule has 1 aromatic rings. The van der Waals surface area contributed by atoms with E-state index in [0.717, 1.165) is 19.3 Å². The fourth-order valence-electron chi connectivity index (χ4n) is 1.49. The molecule has 1 heterocycles. The van der Waals surface area contributed by atoms with E-state index in [4.69, 9.17) is 5.11 Å². The molecule has 0 unspecified atom stereocenters. The molecule has 2 rings (SSSR count). The molecule has 0 aromatic carbocycles. The van der Waals surface area contributed by atoms with Gasteiger partial charge in [-0.25, -0.2) is 9.89 Å². The molecule has 0 bridgehead atoms. The lowest BCUT2D eigenvalue weighted by atomic mass is 9.82. The van der Waals surface area contributed by atoms with Crippen LogP contribution in [0.15, 0.2) is 10.9 Å². The van der Waals surface area contributed by atoms with Crippen molar-refractivity contribution in [2.75, 3.05) is 0 Å². The molecule has 0 atom stereocenters. The summed E-state index contributed by atoms with van der Waals surface area (Å²) < 4.78 is 0. The van der Waals surface area contributed by atoms with Gasteiger partial charge in [-0.05, 0) is 18.9 Å². The lowest BCUT2D eigenvalue weighted by Gasteiger charge is -2.24. The predicted octanol–water partition coefficient (Wildman–Crippen LogP) is 0.736. The van der Waals surface area contributed by atoms with Crippen LogP contribution in [-0.2, 0) is 0 Å². The first-order valence-corrected chi connectivity index (χ1v) is 4.51. The van der Waals surface area contributed by atoms with Crippen LogP contribution in [0.3, 0.4) is 0 Å². The first-order valence-electron chi connectivity index (χ1n) is 4.51. The molecule has 2 N–H and O–H groups in total. The summed E-state index contributed by atoms with van der Waals surface area (Å²) in [5.74, 6) is -0.876. The van der Waals surface area contributed by atoms with Crippen molar-refractivity contribution in [3.05, 3.63) is 27.7 Å². The van der Waals surface area contributed by atoms with E-state index in [9.17, 15) is 9.59 Å². The lowest BCUT2D eigenvalue weighted by Crippen LogP contribution is -2.22. The van der Waals surface area contributed by atoms with E-state index in [-0.39, 0.29) is 5.56 Å². The Labute approximate surface area is 79.8 Å². The van der Waals surface area contributed by atoms with Gasteiger partial charge in [0.05, 0.1) is 5.69 Å². The normalized spacial score (nSPS) is 16.3. The van der Waals surface area contributed by atoms with Crippen LogP contribution in [0.5, 0.6) is 0 Å². The highest BCUT2D eigenvalue weighted by atomic mass is 16.4. The van der Waals surface area contributed by atoms with Gasteiger partial charge in [-0.15, -0.1) is 0 Å². The maximum Gasteiger partial charge on any atom is 0.341 e. The minimum absolute atomic E-state index is 0.220. The third kappa shape index (κ3) is 1.41. The van der Waals surface area contributed by atoms with Crippen LogP contribution >= 0.6 is 0 Å². The second-order valence-corrected chi connectivity index (χ2v) is 3.47. The predicted molar refractivity (Wildman–Crippen MR) is 48.4 cm³/mol. The molecule has 0 spiro atoms. The largest absolute Gasteiger partial charge is 0.477 e. The Morgan fingerprint density at radius 3 is 2.79 bits per heavy atom. The average molecular weight is 194 g/mol. The van der Waals surface area contributed by atoms with Crippen LogP contribution in [0.2, 0.25) is 0 Å². The molecular weight excluding hydrogens is 184 g/mol. The molecule has 1 aliphatic carbocycles. The highest BCUT2D eigenvalue weighted by Gasteiger charge is 2.22. The number of hydrogen-bond donors (Lipinski definition) is 2. The number of aromatic amines is 1. The highest BCUT2D eigenvalue weighted by molar-refractivity contribution is 5.87. The summed E-state index contributed by atoms with van der Waals surface area (Å²) in [5, 5.41) is 14.8. The van der Waals surface area contributed by atoms with Gasteiger partial charge in [0, 0.05) is 5.92 Å². The zero-order valence-corrected chi connectivity index (χ0v) is 7.49. The van der Waals surface area contributed by atoms with Crippen LogP contribution in [0.1, 0.15) is 41.2 Å². The van der Waals surface area contributed by atoms with Crippen molar-refractivity contribution >= 4 is 5.97 Å². The first kappa shape index (κ1) is 8.93. The first-order chi connectivity index (χ1) is 6.68. The van der Waals surface area contributed by atoms with Gasteiger partial charge in [0.2, 0.25) is 0 Å². The third-order valence-corrected chi connectivity index (χ3v) is 2.58. The Morgan fingerprint density at radius 1 is 1.57 bits per heavy atom. The topological polar surface area (TPSA) is 83.0 Å². The van der Waals surface area contributed by atoms with E-state index in [1.54, 1.807) is 0 Å². The Morgan fingerprint density at radius 2 is 2.29 bits per heavy atom. The Balaban J connectivity index is 2.40. The smallest absolute Gasteiger partial charge is 0.341 e. The lowest BCUT2D eigenvalue weighted by molar-refractivity contribution is 0.0694. The van der Waals surface area contributed by atoms with Crippen molar-refractivity contribution in [3.8, 4) is 0 Å². The van der Waals surface area contributed by atoms with Crippen molar-refractivity contribution in [1.29, 1.82) is 0 Å². The molecule has 5 nitrogen and oxygen atoms in total. The summed E-state index contributed by atoms with van der Waals surface area (Å²) in [6.45, 7) is 0. The van der Waals surface area contributed by atoms with Gasteiger partial charge in [-0.3, -0.25) is 4.79 Å². The number of nitrogens with zero attached hydrogens (tertiary/aromatic N) is 1. The second kappa shape index (κ2) is 3.25. The zero-order chi connectivity index (χ0) is 10.1. The number of carboxylic acid groups (broad SMARTS) is 1. The molecule has 1 aliphatic rings. The number of carbonyl (C=O) groups is 1. The number of rotatable bonds is 2. The molecule has 0 radical (unpaired) electrons. The summed E-state index contributed by atoms with van der Waals surface area (Å²) in [7, 11) is 0. The second-order valence-electron chi connectivity index (χ2n) is 3.47. The van der Waals surface area contributed by atoms with Gasteiger partial charge < -0.3 is 5.11 Å². The Kier molecular flexibility index (Phi) is 2.07. The summed E-state index contributed by atoms with van der Waals surface area (Å²) in [4.78, 5) is 21.7. The highest BCUT2D eigenvalue weighted by Crippen LogP contribution is 2.34. The molecule has 1 saturated carbocycles. The van der Waals surface area contributed by atoms with Crippen LogP contribution in [0.25, 0.3) is 0 Å². The molecular formula is C9H10N2O3. The van der Waals surface area contributed by atoms with Crippen LogP contribution < -0.4 is 5.56 Å². The molecule has 0 amide bonds. The third-order valence-electron chi connectivity index (χ3n) is 2.58. The van der Waals surface area contributed by atoms with E-state index in [1.165, 1.54) is 6.07 Å².